The topological polar surface area (TPSA) is 31.4 Å². The summed E-state index contributed by atoms with van der Waals surface area (Å²) in [5, 5.41) is 0. The Labute approximate surface area is 127 Å². The van der Waals surface area contributed by atoms with Gasteiger partial charge in [0.05, 0.1) is 24.2 Å². The summed E-state index contributed by atoms with van der Waals surface area (Å²) < 4.78 is 24.3. The van der Waals surface area contributed by atoms with Gasteiger partial charge in [-0.05, 0) is 18.2 Å². The summed E-state index contributed by atoms with van der Waals surface area (Å²) in [5.41, 5.74) is 0.989. The van der Waals surface area contributed by atoms with Gasteiger partial charge in [-0.15, -0.1) is 11.6 Å². The number of alkyl halides is 1. The molecular formula is C16H13ClFNO2. The Morgan fingerprint density at radius 3 is 2.86 bits per heavy atom. The molecule has 0 N–H and O–H groups in total. The lowest BCUT2D eigenvalue weighted by molar-refractivity contribution is 0.296. The van der Waals surface area contributed by atoms with Crippen molar-refractivity contribution >= 4 is 11.6 Å². The second-order valence-electron chi connectivity index (χ2n) is 4.04. The zero-order valence-electron chi connectivity index (χ0n) is 11.4. The fraction of sp³-hybridized carbons (Fsp3) is 0.188. The minimum absolute atomic E-state index is 0.166. The Kier molecular flexibility index (Phi) is 5.42. The van der Waals surface area contributed by atoms with Gasteiger partial charge in [0.2, 0.25) is 5.88 Å². The standard InChI is InChI=1S/C16H13ClFNO2/c1-20-16-6-2-5-13(19-16)11-21-14-8-7-12(4-3-9-17)15(18)10-14/h2,5-8,10H,9,11H2,1H3. The molecule has 3 nitrogen and oxygen atoms in total. The van der Waals surface area contributed by atoms with Crippen LogP contribution < -0.4 is 9.47 Å². The number of rotatable bonds is 4. The highest BCUT2D eigenvalue weighted by molar-refractivity contribution is 6.19. The average Bonchev–Trinajstić information content (AvgIpc) is 2.52. The third-order valence-corrected chi connectivity index (χ3v) is 2.74. The second kappa shape index (κ2) is 7.51. The molecule has 5 heteroatoms. The van der Waals surface area contributed by atoms with Crippen molar-refractivity contribution in [3.63, 3.8) is 0 Å². The normalized spacial score (nSPS) is 9.67. The van der Waals surface area contributed by atoms with Crippen molar-refractivity contribution < 1.29 is 13.9 Å². The molecule has 1 heterocycles. The SMILES string of the molecule is COc1cccc(COc2ccc(C#CCCl)c(F)c2)n1. The predicted molar refractivity (Wildman–Crippen MR) is 79.1 cm³/mol. The number of ether oxygens (including phenoxy) is 2. The van der Waals surface area contributed by atoms with Crippen molar-refractivity contribution in [2.45, 2.75) is 6.61 Å². The molecule has 1 aromatic heterocycles. The molecule has 21 heavy (non-hydrogen) atoms. The molecule has 0 radical (unpaired) electrons. The van der Waals surface area contributed by atoms with E-state index < -0.39 is 5.82 Å². The summed E-state index contributed by atoms with van der Waals surface area (Å²) >= 11 is 5.44. The van der Waals surface area contributed by atoms with Crippen LogP contribution in [0.5, 0.6) is 11.6 Å². The van der Waals surface area contributed by atoms with Crippen LogP contribution in [0.25, 0.3) is 0 Å². The monoisotopic (exact) mass is 305 g/mol. The maximum atomic E-state index is 13.8. The van der Waals surface area contributed by atoms with Crippen molar-refractivity contribution in [3.05, 3.63) is 53.5 Å². The van der Waals surface area contributed by atoms with E-state index in [9.17, 15) is 4.39 Å². The lowest BCUT2D eigenvalue weighted by Gasteiger charge is -2.07. The number of hydrogen-bond acceptors (Lipinski definition) is 3. The van der Waals surface area contributed by atoms with Gasteiger partial charge < -0.3 is 9.47 Å². The van der Waals surface area contributed by atoms with E-state index in [1.54, 1.807) is 31.4 Å². The lowest BCUT2D eigenvalue weighted by atomic mass is 10.2. The fourth-order valence-electron chi connectivity index (χ4n) is 1.62. The van der Waals surface area contributed by atoms with E-state index in [0.29, 0.717) is 22.9 Å². The predicted octanol–water partition coefficient (Wildman–Crippen LogP) is 3.40. The van der Waals surface area contributed by atoms with Crippen LogP contribution in [0.3, 0.4) is 0 Å². The first-order valence-corrected chi connectivity index (χ1v) is 6.73. The van der Waals surface area contributed by atoms with Gasteiger partial charge in [0.25, 0.3) is 0 Å². The Morgan fingerprint density at radius 2 is 2.14 bits per heavy atom. The molecule has 0 unspecified atom stereocenters. The van der Waals surface area contributed by atoms with E-state index in [1.165, 1.54) is 6.07 Å². The number of aromatic nitrogens is 1. The van der Waals surface area contributed by atoms with Crippen molar-refractivity contribution in [3.8, 4) is 23.5 Å². The Hall–Kier alpha value is -2.25. The lowest BCUT2D eigenvalue weighted by Crippen LogP contribution is -2.00. The van der Waals surface area contributed by atoms with Gasteiger partial charge >= 0.3 is 0 Å². The van der Waals surface area contributed by atoms with Gasteiger partial charge in [0.15, 0.2) is 0 Å². The van der Waals surface area contributed by atoms with Crippen LogP contribution in [0, 0.1) is 17.7 Å². The van der Waals surface area contributed by atoms with Crippen molar-refractivity contribution in [1.82, 2.24) is 4.98 Å². The molecular weight excluding hydrogens is 293 g/mol. The maximum Gasteiger partial charge on any atom is 0.213 e. The summed E-state index contributed by atoms with van der Waals surface area (Å²) in [4.78, 5) is 4.21. The van der Waals surface area contributed by atoms with E-state index in [2.05, 4.69) is 16.8 Å². The van der Waals surface area contributed by atoms with Crippen LogP contribution in [0.15, 0.2) is 36.4 Å². The van der Waals surface area contributed by atoms with Gasteiger partial charge in [0, 0.05) is 12.1 Å². The first-order valence-electron chi connectivity index (χ1n) is 6.20. The molecule has 0 aliphatic carbocycles. The van der Waals surface area contributed by atoms with E-state index in [1.807, 2.05) is 6.07 Å². The van der Waals surface area contributed by atoms with E-state index in [4.69, 9.17) is 21.1 Å². The van der Waals surface area contributed by atoms with E-state index in [0.717, 1.165) is 0 Å². The van der Waals surface area contributed by atoms with Crippen LogP contribution >= 0.6 is 11.6 Å². The quantitative estimate of drug-likeness (QED) is 0.641. The third-order valence-electron chi connectivity index (χ3n) is 2.61. The fourth-order valence-corrected chi connectivity index (χ4v) is 1.69. The molecule has 0 amide bonds. The molecule has 2 aromatic rings. The Balaban J connectivity index is 2.04. The number of nitrogens with zero attached hydrogens (tertiary/aromatic N) is 1. The van der Waals surface area contributed by atoms with Crippen molar-refractivity contribution in [1.29, 1.82) is 0 Å². The molecule has 0 aliphatic rings. The molecule has 0 saturated carbocycles. The van der Waals surface area contributed by atoms with Crippen LogP contribution in [0.4, 0.5) is 4.39 Å². The summed E-state index contributed by atoms with van der Waals surface area (Å²) in [6, 6.07) is 9.87. The number of benzene rings is 1. The van der Waals surface area contributed by atoms with Crippen LogP contribution in [0.1, 0.15) is 11.3 Å². The second-order valence-corrected chi connectivity index (χ2v) is 4.30. The van der Waals surface area contributed by atoms with Crippen LogP contribution in [-0.4, -0.2) is 18.0 Å². The molecule has 0 atom stereocenters. The third kappa shape index (κ3) is 4.37. The van der Waals surface area contributed by atoms with Crippen molar-refractivity contribution in [2.24, 2.45) is 0 Å². The zero-order valence-corrected chi connectivity index (χ0v) is 12.2. The minimum Gasteiger partial charge on any atom is -0.487 e. The first kappa shape index (κ1) is 15.1. The maximum absolute atomic E-state index is 13.8. The minimum atomic E-state index is -0.441. The van der Waals surface area contributed by atoms with Gasteiger partial charge in [-0.1, -0.05) is 17.9 Å². The molecule has 108 valence electrons. The summed E-state index contributed by atoms with van der Waals surface area (Å²) in [5.74, 6) is 5.89. The van der Waals surface area contributed by atoms with E-state index >= 15 is 0 Å². The Bertz CT molecular complexity index is 679. The highest BCUT2D eigenvalue weighted by atomic mass is 35.5. The number of pyridine rings is 1. The van der Waals surface area contributed by atoms with Gasteiger partial charge in [-0.2, -0.15) is 0 Å². The molecule has 2 rings (SSSR count). The molecule has 0 spiro atoms. The zero-order chi connectivity index (χ0) is 15.1. The summed E-state index contributed by atoms with van der Waals surface area (Å²) in [6.45, 7) is 0.226. The average molecular weight is 306 g/mol. The summed E-state index contributed by atoms with van der Waals surface area (Å²) in [6.07, 6.45) is 0. The molecule has 0 bridgehead atoms. The van der Waals surface area contributed by atoms with E-state index in [-0.39, 0.29) is 12.5 Å². The number of halogens is 2. The largest absolute Gasteiger partial charge is 0.487 e. The highest BCUT2D eigenvalue weighted by Crippen LogP contribution is 2.17. The molecule has 1 aromatic carbocycles. The van der Waals surface area contributed by atoms with Gasteiger partial charge in [-0.3, -0.25) is 0 Å². The smallest absolute Gasteiger partial charge is 0.213 e. The first-order chi connectivity index (χ1) is 10.2. The molecule has 0 saturated heterocycles. The van der Waals surface area contributed by atoms with Gasteiger partial charge in [0.1, 0.15) is 18.2 Å². The van der Waals surface area contributed by atoms with Gasteiger partial charge in [-0.25, -0.2) is 9.37 Å². The Morgan fingerprint density at radius 1 is 1.29 bits per heavy atom. The highest BCUT2D eigenvalue weighted by Gasteiger charge is 2.04. The van der Waals surface area contributed by atoms with Crippen LogP contribution in [0.2, 0.25) is 0 Å². The van der Waals surface area contributed by atoms with Crippen LogP contribution in [-0.2, 0) is 6.61 Å². The van der Waals surface area contributed by atoms with Crippen molar-refractivity contribution in [2.75, 3.05) is 13.0 Å². The summed E-state index contributed by atoms with van der Waals surface area (Å²) in [7, 11) is 1.54. The molecule has 0 fully saturated rings. The number of methoxy groups -OCH3 is 1. The number of hydrogen-bond donors (Lipinski definition) is 0. The molecule has 0 aliphatic heterocycles.